The Kier molecular flexibility index (Phi) is 6.49. The van der Waals surface area contributed by atoms with Gasteiger partial charge in [0.1, 0.15) is 5.76 Å². The number of benzene rings is 2. The molecule has 6 nitrogen and oxygen atoms in total. The molecule has 3 rings (SSSR count). The summed E-state index contributed by atoms with van der Waals surface area (Å²) in [5.41, 5.74) is 2.70. The molecule has 0 aliphatic heterocycles. The van der Waals surface area contributed by atoms with E-state index in [1.54, 1.807) is 24.3 Å². The summed E-state index contributed by atoms with van der Waals surface area (Å²) in [5.74, 6) is 0.399. The lowest BCUT2D eigenvalue weighted by atomic mass is 10.1. The predicted octanol–water partition coefficient (Wildman–Crippen LogP) is 3.95. The molecule has 2 N–H and O–H groups in total. The third-order valence-corrected chi connectivity index (χ3v) is 4.91. The Morgan fingerprint density at radius 2 is 1.75 bits per heavy atom. The van der Waals surface area contributed by atoms with Crippen LogP contribution in [-0.2, 0) is 11.3 Å². The van der Waals surface area contributed by atoms with Crippen molar-refractivity contribution in [2.45, 2.75) is 25.6 Å². The van der Waals surface area contributed by atoms with Gasteiger partial charge in [0.05, 0.1) is 22.7 Å². The Morgan fingerprint density at radius 1 is 1.04 bits per heavy atom. The van der Waals surface area contributed by atoms with Crippen molar-refractivity contribution in [3.63, 3.8) is 0 Å². The Morgan fingerprint density at radius 3 is 2.46 bits per heavy atom. The first-order valence-corrected chi connectivity index (χ1v) is 9.79. The SMILES string of the molecule is Cc1nc(SCC(=O)Nc2ccccc2C(=O)NCc2ccccc2)oc1C. The number of hydrogen-bond donors (Lipinski definition) is 2. The highest BCUT2D eigenvalue weighted by Crippen LogP contribution is 2.21. The minimum Gasteiger partial charge on any atom is -0.437 e. The number of amides is 2. The van der Waals surface area contributed by atoms with E-state index in [9.17, 15) is 9.59 Å². The number of para-hydroxylation sites is 1. The zero-order valence-electron chi connectivity index (χ0n) is 15.7. The van der Waals surface area contributed by atoms with Crippen molar-refractivity contribution in [1.29, 1.82) is 0 Å². The van der Waals surface area contributed by atoms with E-state index in [1.807, 2.05) is 44.2 Å². The number of nitrogens with zero attached hydrogens (tertiary/aromatic N) is 1. The van der Waals surface area contributed by atoms with Crippen LogP contribution in [0, 0.1) is 13.8 Å². The summed E-state index contributed by atoms with van der Waals surface area (Å²) < 4.78 is 5.46. The van der Waals surface area contributed by atoms with Crippen molar-refractivity contribution in [3.8, 4) is 0 Å². The molecule has 0 radical (unpaired) electrons. The van der Waals surface area contributed by atoms with Crippen molar-refractivity contribution in [3.05, 3.63) is 77.2 Å². The number of aromatic nitrogens is 1. The molecule has 2 amide bonds. The van der Waals surface area contributed by atoms with Crippen LogP contribution in [0.2, 0.25) is 0 Å². The van der Waals surface area contributed by atoms with Gasteiger partial charge in [0, 0.05) is 6.54 Å². The second kappa shape index (κ2) is 9.23. The van der Waals surface area contributed by atoms with Crippen LogP contribution < -0.4 is 10.6 Å². The molecule has 0 unspecified atom stereocenters. The van der Waals surface area contributed by atoms with Gasteiger partial charge < -0.3 is 15.1 Å². The summed E-state index contributed by atoms with van der Waals surface area (Å²) in [6.07, 6.45) is 0. The number of carbonyl (C=O) groups is 2. The zero-order chi connectivity index (χ0) is 19.9. The molecule has 144 valence electrons. The van der Waals surface area contributed by atoms with Gasteiger partial charge in [-0.2, -0.15) is 0 Å². The molecule has 1 heterocycles. The Balaban J connectivity index is 1.59. The molecule has 1 aromatic heterocycles. The Labute approximate surface area is 167 Å². The molecule has 0 saturated carbocycles. The van der Waals surface area contributed by atoms with Crippen LogP contribution in [0.3, 0.4) is 0 Å². The van der Waals surface area contributed by atoms with Crippen LogP contribution in [0.4, 0.5) is 5.69 Å². The van der Waals surface area contributed by atoms with E-state index in [0.29, 0.717) is 23.0 Å². The lowest BCUT2D eigenvalue weighted by molar-refractivity contribution is -0.113. The first-order chi connectivity index (χ1) is 13.5. The summed E-state index contributed by atoms with van der Waals surface area (Å²) in [5, 5.41) is 6.12. The van der Waals surface area contributed by atoms with Gasteiger partial charge in [-0.3, -0.25) is 9.59 Å². The van der Waals surface area contributed by atoms with Gasteiger partial charge in [-0.15, -0.1) is 0 Å². The minimum absolute atomic E-state index is 0.138. The molecule has 7 heteroatoms. The summed E-state index contributed by atoms with van der Waals surface area (Å²) in [7, 11) is 0. The average molecular weight is 395 g/mol. The maximum absolute atomic E-state index is 12.5. The maximum atomic E-state index is 12.5. The monoisotopic (exact) mass is 395 g/mol. The standard InChI is InChI=1S/C21H21N3O3S/c1-14-15(2)27-21(23-14)28-13-19(25)24-18-11-7-6-10-17(18)20(26)22-12-16-8-4-3-5-9-16/h3-11H,12-13H2,1-2H3,(H,22,26)(H,24,25). The minimum atomic E-state index is -0.244. The summed E-state index contributed by atoms with van der Waals surface area (Å²) in [6.45, 7) is 4.10. The molecule has 0 bridgehead atoms. The molecule has 0 aliphatic rings. The van der Waals surface area contributed by atoms with Crippen LogP contribution in [0.5, 0.6) is 0 Å². The molecule has 0 atom stereocenters. The lowest BCUT2D eigenvalue weighted by Crippen LogP contribution is -2.25. The normalized spacial score (nSPS) is 10.5. The van der Waals surface area contributed by atoms with Gasteiger partial charge >= 0.3 is 0 Å². The molecular formula is C21H21N3O3S. The van der Waals surface area contributed by atoms with Gasteiger partial charge in [-0.25, -0.2) is 4.98 Å². The largest absolute Gasteiger partial charge is 0.437 e. The number of rotatable bonds is 7. The third-order valence-electron chi connectivity index (χ3n) is 4.08. The first-order valence-electron chi connectivity index (χ1n) is 8.81. The second-order valence-corrected chi connectivity index (χ2v) is 7.10. The quantitative estimate of drug-likeness (QED) is 0.592. The molecule has 0 aliphatic carbocycles. The van der Waals surface area contributed by atoms with E-state index in [4.69, 9.17) is 4.42 Å². The highest BCUT2D eigenvalue weighted by atomic mass is 32.2. The molecule has 3 aromatic rings. The van der Waals surface area contributed by atoms with E-state index in [2.05, 4.69) is 15.6 Å². The van der Waals surface area contributed by atoms with Gasteiger partial charge in [0.15, 0.2) is 0 Å². The number of thioether (sulfide) groups is 1. The first kappa shape index (κ1) is 19.7. The fourth-order valence-corrected chi connectivity index (χ4v) is 3.19. The van der Waals surface area contributed by atoms with E-state index in [1.165, 1.54) is 11.8 Å². The van der Waals surface area contributed by atoms with Crippen LogP contribution in [0.15, 0.2) is 64.2 Å². The lowest BCUT2D eigenvalue weighted by Gasteiger charge is -2.11. The van der Waals surface area contributed by atoms with Crippen molar-refractivity contribution in [2.24, 2.45) is 0 Å². The summed E-state index contributed by atoms with van der Waals surface area (Å²) >= 11 is 1.21. The molecule has 28 heavy (non-hydrogen) atoms. The van der Waals surface area contributed by atoms with Gasteiger partial charge in [0.2, 0.25) is 5.91 Å². The van der Waals surface area contributed by atoms with Crippen molar-refractivity contribution >= 4 is 29.3 Å². The maximum Gasteiger partial charge on any atom is 0.256 e. The molecule has 2 aromatic carbocycles. The Hall–Kier alpha value is -3.06. The van der Waals surface area contributed by atoms with Crippen LogP contribution >= 0.6 is 11.8 Å². The van der Waals surface area contributed by atoms with Gasteiger partial charge in [-0.1, -0.05) is 54.2 Å². The highest BCUT2D eigenvalue weighted by molar-refractivity contribution is 7.99. The Bertz CT molecular complexity index is 951. The summed E-state index contributed by atoms with van der Waals surface area (Å²) in [6, 6.07) is 16.6. The second-order valence-electron chi connectivity index (χ2n) is 6.17. The van der Waals surface area contributed by atoms with E-state index >= 15 is 0 Å². The third kappa shape index (κ3) is 5.23. The zero-order valence-corrected chi connectivity index (χ0v) is 16.5. The predicted molar refractivity (Wildman–Crippen MR) is 109 cm³/mol. The fourth-order valence-electron chi connectivity index (χ4n) is 2.48. The number of oxazole rings is 1. The van der Waals surface area contributed by atoms with Gasteiger partial charge in [-0.05, 0) is 31.5 Å². The van der Waals surface area contributed by atoms with E-state index in [0.717, 1.165) is 17.0 Å². The van der Waals surface area contributed by atoms with Gasteiger partial charge in [0.25, 0.3) is 11.1 Å². The fraction of sp³-hybridized carbons (Fsp3) is 0.190. The topological polar surface area (TPSA) is 84.2 Å². The highest BCUT2D eigenvalue weighted by Gasteiger charge is 2.14. The molecule has 0 spiro atoms. The van der Waals surface area contributed by atoms with Crippen LogP contribution in [-0.4, -0.2) is 22.6 Å². The molecule has 0 fully saturated rings. The summed E-state index contributed by atoms with van der Waals surface area (Å²) in [4.78, 5) is 29.1. The van der Waals surface area contributed by atoms with Crippen molar-refractivity contribution in [2.75, 3.05) is 11.1 Å². The van der Waals surface area contributed by atoms with Crippen LogP contribution in [0.25, 0.3) is 0 Å². The number of anilines is 1. The molecular weight excluding hydrogens is 374 g/mol. The van der Waals surface area contributed by atoms with E-state index < -0.39 is 0 Å². The number of aryl methyl sites for hydroxylation is 2. The number of hydrogen-bond acceptors (Lipinski definition) is 5. The molecule has 0 saturated heterocycles. The number of carbonyl (C=O) groups excluding carboxylic acids is 2. The van der Waals surface area contributed by atoms with E-state index in [-0.39, 0.29) is 17.6 Å². The smallest absolute Gasteiger partial charge is 0.256 e. The number of nitrogens with one attached hydrogen (secondary N) is 2. The van der Waals surface area contributed by atoms with Crippen LogP contribution in [0.1, 0.15) is 27.4 Å². The van der Waals surface area contributed by atoms with Crippen molar-refractivity contribution < 1.29 is 14.0 Å². The van der Waals surface area contributed by atoms with Crippen molar-refractivity contribution in [1.82, 2.24) is 10.3 Å². The average Bonchev–Trinajstić information content (AvgIpc) is 3.03.